The lowest BCUT2D eigenvalue weighted by molar-refractivity contribution is -0.142. The van der Waals surface area contributed by atoms with Crippen molar-refractivity contribution in [3.63, 3.8) is 0 Å². The van der Waals surface area contributed by atoms with Crippen molar-refractivity contribution in [2.75, 3.05) is 0 Å². The van der Waals surface area contributed by atoms with E-state index in [9.17, 15) is 14.7 Å². The minimum absolute atomic E-state index is 0.207. The fraction of sp³-hybridized carbons (Fsp3) is 0.500. The van der Waals surface area contributed by atoms with Gasteiger partial charge in [0.1, 0.15) is 0 Å². The average molecular weight is 277 g/mol. The molecule has 2 atom stereocenters. The molecule has 0 heterocycles. The Balaban J connectivity index is 2.72. The van der Waals surface area contributed by atoms with Crippen molar-refractivity contribution in [1.82, 2.24) is 5.32 Å². The second-order valence-electron chi connectivity index (χ2n) is 5.37. The summed E-state index contributed by atoms with van der Waals surface area (Å²) >= 11 is 0. The van der Waals surface area contributed by atoms with Crippen LogP contribution in [0.2, 0.25) is 0 Å². The molecular formula is C16H23NO3. The first-order chi connectivity index (χ1) is 9.45. The molecule has 0 radical (unpaired) electrons. The molecule has 0 saturated carbocycles. The summed E-state index contributed by atoms with van der Waals surface area (Å²) in [4.78, 5) is 23.3. The van der Waals surface area contributed by atoms with E-state index in [1.165, 1.54) is 0 Å². The van der Waals surface area contributed by atoms with Gasteiger partial charge in [0.05, 0.1) is 0 Å². The Morgan fingerprint density at radius 2 is 1.80 bits per heavy atom. The van der Waals surface area contributed by atoms with E-state index in [4.69, 9.17) is 0 Å². The standard InChI is InChI=1S/C16H23NO3/c1-4-12(11(2)3)10-14(18)17-15(16(19)20)13-8-6-5-7-9-13/h5-9,11-12,15H,4,10H2,1-3H3,(H,17,18)(H,19,20)/t12?,15-/m1/s1. The van der Waals surface area contributed by atoms with Crippen LogP contribution in [0, 0.1) is 11.8 Å². The highest BCUT2D eigenvalue weighted by atomic mass is 16.4. The molecule has 20 heavy (non-hydrogen) atoms. The summed E-state index contributed by atoms with van der Waals surface area (Å²) in [6.07, 6.45) is 1.28. The monoisotopic (exact) mass is 277 g/mol. The third-order valence-electron chi connectivity index (χ3n) is 3.60. The Kier molecular flexibility index (Phi) is 6.22. The van der Waals surface area contributed by atoms with Gasteiger partial charge in [0.25, 0.3) is 0 Å². The maximum Gasteiger partial charge on any atom is 0.330 e. The average Bonchev–Trinajstić information content (AvgIpc) is 2.42. The van der Waals surface area contributed by atoms with Crippen molar-refractivity contribution in [3.8, 4) is 0 Å². The van der Waals surface area contributed by atoms with E-state index < -0.39 is 12.0 Å². The van der Waals surface area contributed by atoms with Gasteiger partial charge in [-0.05, 0) is 17.4 Å². The van der Waals surface area contributed by atoms with Crippen molar-refractivity contribution in [2.45, 2.75) is 39.7 Å². The first kappa shape index (κ1) is 16.2. The predicted octanol–water partition coefficient (Wildman–Crippen LogP) is 3.00. The second-order valence-corrected chi connectivity index (χ2v) is 5.37. The third kappa shape index (κ3) is 4.68. The molecule has 4 heteroatoms. The number of rotatable bonds is 7. The minimum atomic E-state index is -1.04. The summed E-state index contributed by atoms with van der Waals surface area (Å²) in [5, 5.41) is 11.9. The van der Waals surface area contributed by atoms with Gasteiger partial charge in [-0.2, -0.15) is 0 Å². The van der Waals surface area contributed by atoms with Crippen LogP contribution in [0.5, 0.6) is 0 Å². The van der Waals surface area contributed by atoms with E-state index in [-0.39, 0.29) is 11.8 Å². The number of nitrogens with one attached hydrogen (secondary N) is 1. The highest BCUT2D eigenvalue weighted by Crippen LogP contribution is 2.20. The van der Waals surface area contributed by atoms with E-state index in [2.05, 4.69) is 19.2 Å². The number of amides is 1. The molecule has 1 aromatic rings. The number of carboxylic acid groups (broad SMARTS) is 1. The van der Waals surface area contributed by atoms with Crippen LogP contribution in [0.4, 0.5) is 0 Å². The zero-order chi connectivity index (χ0) is 15.1. The summed E-state index contributed by atoms with van der Waals surface area (Å²) in [7, 11) is 0. The van der Waals surface area contributed by atoms with Gasteiger partial charge in [-0.25, -0.2) is 4.79 Å². The molecule has 1 amide bonds. The molecule has 0 saturated heterocycles. The van der Waals surface area contributed by atoms with Crippen molar-refractivity contribution >= 4 is 11.9 Å². The number of hydrogen-bond donors (Lipinski definition) is 2. The molecule has 1 rings (SSSR count). The van der Waals surface area contributed by atoms with Crippen LogP contribution in [0.15, 0.2) is 30.3 Å². The van der Waals surface area contributed by atoms with Crippen LogP contribution < -0.4 is 5.32 Å². The molecular weight excluding hydrogens is 254 g/mol. The molecule has 0 fully saturated rings. The minimum Gasteiger partial charge on any atom is -0.479 e. The highest BCUT2D eigenvalue weighted by Gasteiger charge is 2.23. The molecule has 0 aliphatic carbocycles. The van der Waals surface area contributed by atoms with E-state index in [0.29, 0.717) is 17.9 Å². The maximum atomic E-state index is 12.0. The quantitative estimate of drug-likeness (QED) is 0.805. The number of aliphatic carboxylic acids is 1. The van der Waals surface area contributed by atoms with Gasteiger partial charge < -0.3 is 10.4 Å². The van der Waals surface area contributed by atoms with Gasteiger partial charge in [-0.1, -0.05) is 57.5 Å². The van der Waals surface area contributed by atoms with Gasteiger partial charge >= 0.3 is 5.97 Å². The lowest BCUT2D eigenvalue weighted by Crippen LogP contribution is -2.35. The van der Waals surface area contributed by atoms with Crippen LogP contribution in [-0.2, 0) is 9.59 Å². The number of benzene rings is 1. The Morgan fingerprint density at radius 1 is 1.20 bits per heavy atom. The Labute approximate surface area is 120 Å². The maximum absolute atomic E-state index is 12.0. The third-order valence-corrected chi connectivity index (χ3v) is 3.60. The molecule has 0 aliphatic heterocycles. The molecule has 4 nitrogen and oxygen atoms in total. The predicted molar refractivity (Wildman–Crippen MR) is 78.2 cm³/mol. The topological polar surface area (TPSA) is 66.4 Å². The first-order valence-electron chi connectivity index (χ1n) is 7.02. The summed E-state index contributed by atoms with van der Waals surface area (Å²) < 4.78 is 0. The van der Waals surface area contributed by atoms with Crippen molar-refractivity contribution < 1.29 is 14.7 Å². The SMILES string of the molecule is CCC(CC(=O)N[C@@H](C(=O)O)c1ccccc1)C(C)C. The Hall–Kier alpha value is -1.84. The lowest BCUT2D eigenvalue weighted by Gasteiger charge is -2.20. The van der Waals surface area contributed by atoms with Gasteiger partial charge in [-0.3, -0.25) is 4.79 Å². The van der Waals surface area contributed by atoms with Crippen molar-refractivity contribution in [2.24, 2.45) is 11.8 Å². The van der Waals surface area contributed by atoms with Crippen molar-refractivity contribution in [1.29, 1.82) is 0 Å². The van der Waals surface area contributed by atoms with E-state index in [1.54, 1.807) is 24.3 Å². The lowest BCUT2D eigenvalue weighted by atomic mass is 9.90. The van der Waals surface area contributed by atoms with Crippen molar-refractivity contribution in [3.05, 3.63) is 35.9 Å². The zero-order valence-electron chi connectivity index (χ0n) is 12.3. The van der Waals surface area contributed by atoms with E-state index in [1.807, 2.05) is 13.0 Å². The molecule has 0 aromatic heterocycles. The normalized spacial score (nSPS) is 13.8. The summed E-state index contributed by atoms with van der Waals surface area (Å²) in [6, 6.07) is 7.78. The number of hydrogen-bond acceptors (Lipinski definition) is 2. The van der Waals surface area contributed by atoms with Crippen LogP contribution in [-0.4, -0.2) is 17.0 Å². The van der Waals surface area contributed by atoms with Crippen LogP contribution in [0.1, 0.15) is 45.2 Å². The molecule has 110 valence electrons. The second kappa shape index (κ2) is 7.68. The summed E-state index contributed by atoms with van der Waals surface area (Å²) in [6.45, 7) is 6.20. The largest absolute Gasteiger partial charge is 0.479 e. The molecule has 2 N–H and O–H groups in total. The summed E-state index contributed by atoms with van der Waals surface area (Å²) in [5.74, 6) is -0.560. The van der Waals surface area contributed by atoms with E-state index in [0.717, 1.165) is 6.42 Å². The highest BCUT2D eigenvalue weighted by molar-refractivity contribution is 5.84. The van der Waals surface area contributed by atoms with Crippen LogP contribution >= 0.6 is 0 Å². The van der Waals surface area contributed by atoms with Gasteiger partial charge in [-0.15, -0.1) is 0 Å². The Bertz CT molecular complexity index is 442. The fourth-order valence-corrected chi connectivity index (χ4v) is 2.24. The van der Waals surface area contributed by atoms with E-state index >= 15 is 0 Å². The molecule has 1 unspecified atom stereocenters. The first-order valence-corrected chi connectivity index (χ1v) is 7.02. The van der Waals surface area contributed by atoms with Gasteiger partial charge in [0.15, 0.2) is 6.04 Å². The molecule has 0 bridgehead atoms. The van der Waals surface area contributed by atoms with Crippen LogP contribution in [0.3, 0.4) is 0 Å². The molecule has 0 spiro atoms. The number of carbonyl (C=O) groups is 2. The number of carboxylic acids is 1. The Morgan fingerprint density at radius 3 is 2.25 bits per heavy atom. The van der Waals surface area contributed by atoms with Crippen LogP contribution in [0.25, 0.3) is 0 Å². The summed E-state index contributed by atoms with van der Waals surface area (Å²) in [5.41, 5.74) is 0.589. The smallest absolute Gasteiger partial charge is 0.330 e. The van der Waals surface area contributed by atoms with Gasteiger partial charge in [0, 0.05) is 6.42 Å². The number of carbonyl (C=O) groups excluding carboxylic acids is 1. The molecule has 1 aromatic carbocycles. The zero-order valence-corrected chi connectivity index (χ0v) is 12.3. The van der Waals surface area contributed by atoms with Gasteiger partial charge in [0.2, 0.25) is 5.91 Å². The molecule has 0 aliphatic rings. The fourth-order valence-electron chi connectivity index (χ4n) is 2.24.